The van der Waals surface area contributed by atoms with Crippen molar-refractivity contribution < 1.29 is 9.52 Å². The molecule has 0 radical (unpaired) electrons. The molecule has 0 bridgehead atoms. The Morgan fingerprint density at radius 2 is 2.20 bits per heavy atom. The molecule has 0 aromatic carbocycles. The van der Waals surface area contributed by atoms with E-state index in [0.717, 1.165) is 21.7 Å². The molecule has 3 rings (SSSR count). The third kappa shape index (κ3) is 2.42. The topological polar surface area (TPSA) is 58.3 Å². The summed E-state index contributed by atoms with van der Waals surface area (Å²) >= 11 is 1.63. The van der Waals surface area contributed by atoms with Gasteiger partial charge >= 0.3 is 0 Å². The standard InChI is InChI=1S/C15H16N2O2S/c1-10-3-4-13(19-10)15(2,18)9-17-11-5-7-16-12-6-8-20-14(11)12/h3-8,18H,9H2,1-2H3,(H,16,17). The normalized spacial score (nSPS) is 14.3. The molecule has 2 N–H and O–H groups in total. The van der Waals surface area contributed by atoms with Gasteiger partial charge in [-0.15, -0.1) is 11.3 Å². The highest BCUT2D eigenvalue weighted by Gasteiger charge is 2.26. The largest absolute Gasteiger partial charge is 0.463 e. The molecule has 3 aromatic rings. The van der Waals surface area contributed by atoms with Crippen LogP contribution in [0.3, 0.4) is 0 Å². The van der Waals surface area contributed by atoms with Crippen molar-refractivity contribution in [2.45, 2.75) is 19.4 Å². The van der Waals surface area contributed by atoms with E-state index in [0.29, 0.717) is 12.3 Å². The van der Waals surface area contributed by atoms with Crippen molar-refractivity contribution in [2.24, 2.45) is 0 Å². The maximum atomic E-state index is 10.5. The van der Waals surface area contributed by atoms with E-state index in [2.05, 4.69) is 10.3 Å². The van der Waals surface area contributed by atoms with Crippen LogP contribution in [0.4, 0.5) is 5.69 Å². The number of fused-ring (bicyclic) bond motifs is 1. The van der Waals surface area contributed by atoms with Gasteiger partial charge in [-0.2, -0.15) is 0 Å². The quantitative estimate of drug-likeness (QED) is 0.771. The number of anilines is 1. The Hall–Kier alpha value is -1.85. The van der Waals surface area contributed by atoms with Gasteiger partial charge in [0.05, 0.1) is 22.4 Å². The van der Waals surface area contributed by atoms with E-state index in [1.54, 1.807) is 24.5 Å². The number of hydrogen-bond acceptors (Lipinski definition) is 5. The number of aryl methyl sites for hydroxylation is 1. The number of pyridine rings is 1. The summed E-state index contributed by atoms with van der Waals surface area (Å²) in [5.41, 5.74) is 0.892. The molecule has 3 heterocycles. The molecule has 0 aliphatic heterocycles. The van der Waals surface area contributed by atoms with Crippen LogP contribution in [-0.2, 0) is 5.60 Å². The molecule has 5 heteroatoms. The van der Waals surface area contributed by atoms with Crippen LogP contribution in [-0.4, -0.2) is 16.6 Å². The lowest BCUT2D eigenvalue weighted by Crippen LogP contribution is -2.30. The van der Waals surface area contributed by atoms with Crippen LogP contribution in [0, 0.1) is 6.92 Å². The van der Waals surface area contributed by atoms with Crippen LogP contribution in [0.25, 0.3) is 10.2 Å². The third-order valence-corrected chi connectivity index (χ3v) is 4.18. The molecule has 0 spiro atoms. The van der Waals surface area contributed by atoms with Crippen LogP contribution in [0.1, 0.15) is 18.4 Å². The molecule has 0 amide bonds. The molecular weight excluding hydrogens is 272 g/mol. The lowest BCUT2D eigenvalue weighted by molar-refractivity contribution is 0.0468. The van der Waals surface area contributed by atoms with E-state index in [4.69, 9.17) is 4.42 Å². The Bertz CT molecular complexity index is 730. The van der Waals surface area contributed by atoms with Crippen LogP contribution in [0.15, 0.2) is 40.3 Å². The zero-order valence-corrected chi connectivity index (χ0v) is 12.2. The van der Waals surface area contributed by atoms with E-state index in [1.165, 1.54) is 0 Å². The molecule has 0 aliphatic carbocycles. The fraction of sp³-hybridized carbons (Fsp3) is 0.267. The molecule has 1 atom stereocenters. The van der Waals surface area contributed by atoms with Crippen molar-refractivity contribution in [1.82, 2.24) is 4.98 Å². The van der Waals surface area contributed by atoms with Crippen LogP contribution in [0.2, 0.25) is 0 Å². The van der Waals surface area contributed by atoms with Crippen molar-refractivity contribution in [2.75, 3.05) is 11.9 Å². The SMILES string of the molecule is Cc1ccc(C(C)(O)CNc2ccnc3ccsc23)o1. The number of nitrogens with one attached hydrogen (secondary N) is 1. The maximum Gasteiger partial charge on any atom is 0.137 e. The summed E-state index contributed by atoms with van der Waals surface area (Å²) in [4.78, 5) is 4.30. The summed E-state index contributed by atoms with van der Waals surface area (Å²) in [7, 11) is 0. The first-order valence-corrected chi connectivity index (χ1v) is 7.29. The molecule has 3 aromatic heterocycles. The predicted molar refractivity (Wildman–Crippen MR) is 81.1 cm³/mol. The first-order valence-electron chi connectivity index (χ1n) is 6.42. The highest BCUT2D eigenvalue weighted by Crippen LogP contribution is 2.29. The van der Waals surface area contributed by atoms with E-state index < -0.39 is 5.60 Å². The summed E-state index contributed by atoms with van der Waals surface area (Å²) in [5, 5.41) is 15.8. The number of aliphatic hydroxyl groups is 1. The van der Waals surface area contributed by atoms with E-state index >= 15 is 0 Å². The Labute approximate surface area is 121 Å². The fourth-order valence-corrected chi connectivity index (χ4v) is 2.93. The van der Waals surface area contributed by atoms with Gasteiger partial charge in [0.2, 0.25) is 0 Å². The maximum absolute atomic E-state index is 10.5. The van der Waals surface area contributed by atoms with Crippen molar-refractivity contribution >= 4 is 27.2 Å². The highest BCUT2D eigenvalue weighted by atomic mass is 32.1. The average Bonchev–Trinajstić information content (AvgIpc) is 3.05. The molecule has 0 saturated carbocycles. The van der Waals surface area contributed by atoms with Crippen LogP contribution < -0.4 is 5.32 Å². The second-order valence-corrected chi connectivity index (χ2v) is 5.95. The molecular formula is C15H16N2O2S. The van der Waals surface area contributed by atoms with Crippen molar-refractivity contribution in [3.8, 4) is 0 Å². The molecule has 1 unspecified atom stereocenters. The minimum atomic E-state index is -1.05. The smallest absolute Gasteiger partial charge is 0.137 e. The van der Waals surface area contributed by atoms with Crippen LogP contribution in [0.5, 0.6) is 0 Å². The summed E-state index contributed by atoms with van der Waals surface area (Å²) in [6.07, 6.45) is 1.77. The number of rotatable bonds is 4. The van der Waals surface area contributed by atoms with Gasteiger partial charge < -0.3 is 14.8 Å². The summed E-state index contributed by atoms with van der Waals surface area (Å²) < 4.78 is 6.61. The van der Waals surface area contributed by atoms with Gasteiger partial charge in [0.1, 0.15) is 17.1 Å². The molecule has 104 valence electrons. The third-order valence-electron chi connectivity index (χ3n) is 3.24. The summed E-state index contributed by atoms with van der Waals surface area (Å²) in [5.74, 6) is 1.36. The Morgan fingerprint density at radius 3 is 2.95 bits per heavy atom. The molecule has 0 aliphatic rings. The Morgan fingerprint density at radius 1 is 1.35 bits per heavy atom. The number of thiophene rings is 1. The summed E-state index contributed by atoms with van der Waals surface area (Å²) in [6, 6.07) is 7.57. The van der Waals surface area contributed by atoms with E-state index in [1.807, 2.05) is 36.6 Å². The van der Waals surface area contributed by atoms with Gasteiger partial charge in [-0.05, 0) is 43.5 Å². The van der Waals surface area contributed by atoms with Crippen molar-refractivity contribution in [3.05, 3.63) is 47.4 Å². The van der Waals surface area contributed by atoms with E-state index in [-0.39, 0.29) is 0 Å². The number of hydrogen-bond donors (Lipinski definition) is 2. The fourth-order valence-electron chi connectivity index (χ4n) is 2.09. The monoisotopic (exact) mass is 288 g/mol. The summed E-state index contributed by atoms with van der Waals surface area (Å²) in [6.45, 7) is 3.98. The lowest BCUT2D eigenvalue weighted by Gasteiger charge is -2.22. The minimum absolute atomic E-state index is 0.372. The molecule has 0 fully saturated rings. The number of aromatic nitrogens is 1. The average molecular weight is 288 g/mol. The van der Waals surface area contributed by atoms with E-state index in [9.17, 15) is 5.11 Å². The highest BCUT2D eigenvalue weighted by molar-refractivity contribution is 7.17. The Balaban J connectivity index is 1.80. The first-order chi connectivity index (χ1) is 9.56. The van der Waals surface area contributed by atoms with Crippen LogP contribution >= 0.6 is 11.3 Å². The number of furan rings is 1. The zero-order chi connectivity index (χ0) is 14.2. The second kappa shape index (κ2) is 4.92. The predicted octanol–water partition coefficient (Wildman–Crippen LogP) is 3.52. The van der Waals surface area contributed by atoms with Crippen molar-refractivity contribution in [3.63, 3.8) is 0 Å². The van der Waals surface area contributed by atoms with Crippen molar-refractivity contribution in [1.29, 1.82) is 0 Å². The van der Waals surface area contributed by atoms with Gasteiger partial charge in [0, 0.05) is 6.20 Å². The van der Waals surface area contributed by atoms with Gasteiger partial charge in [-0.1, -0.05) is 0 Å². The molecule has 0 saturated heterocycles. The second-order valence-electron chi connectivity index (χ2n) is 5.03. The van der Waals surface area contributed by atoms with Gasteiger partial charge in [-0.3, -0.25) is 4.98 Å². The minimum Gasteiger partial charge on any atom is -0.463 e. The van der Waals surface area contributed by atoms with Gasteiger partial charge in [-0.25, -0.2) is 0 Å². The first kappa shape index (κ1) is 13.1. The van der Waals surface area contributed by atoms with Gasteiger partial charge in [0.25, 0.3) is 0 Å². The molecule has 20 heavy (non-hydrogen) atoms. The lowest BCUT2D eigenvalue weighted by atomic mass is 10.0. The number of nitrogens with zero attached hydrogens (tertiary/aromatic N) is 1. The Kier molecular flexibility index (Phi) is 3.23. The molecule has 4 nitrogen and oxygen atoms in total. The zero-order valence-electron chi connectivity index (χ0n) is 11.4. The van der Waals surface area contributed by atoms with Gasteiger partial charge in [0.15, 0.2) is 0 Å².